The van der Waals surface area contributed by atoms with Gasteiger partial charge < -0.3 is 10.6 Å². The number of carbonyl (C=O) groups is 1. The Balaban J connectivity index is 2.33. The number of rotatable bonds is 4. The van der Waals surface area contributed by atoms with Crippen molar-refractivity contribution in [3.8, 4) is 0 Å². The van der Waals surface area contributed by atoms with E-state index in [2.05, 4.69) is 15.6 Å². The van der Waals surface area contributed by atoms with Crippen molar-refractivity contribution in [1.29, 1.82) is 0 Å². The summed E-state index contributed by atoms with van der Waals surface area (Å²) >= 11 is 1.67. The number of amides is 1. The van der Waals surface area contributed by atoms with Crippen molar-refractivity contribution in [2.45, 2.75) is 46.7 Å². The van der Waals surface area contributed by atoms with Gasteiger partial charge in [0.25, 0.3) is 0 Å². The molecular formula is C12H21N3OS. The Morgan fingerprint density at radius 2 is 2.00 bits per heavy atom. The summed E-state index contributed by atoms with van der Waals surface area (Å²) in [6.07, 6.45) is 0. The summed E-state index contributed by atoms with van der Waals surface area (Å²) in [5.74, 6) is 0.0244. The number of carbonyl (C=O) groups excluding carboxylic acids is 1. The quantitative estimate of drug-likeness (QED) is 0.862. The van der Waals surface area contributed by atoms with Gasteiger partial charge in [-0.2, -0.15) is 0 Å². The lowest BCUT2D eigenvalue weighted by molar-refractivity contribution is -0.121. The second-order valence-corrected chi connectivity index (χ2v) is 6.43. The van der Waals surface area contributed by atoms with Gasteiger partial charge in [0.15, 0.2) is 0 Å². The molecule has 1 heterocycles. The van der Waals surface area contributed by atoms with Crippen molar-refractivity contribution in [1.82, 2.24) is 15.6 Å². The largest absolute Gasteiger partial charge is 0.350 e. The van der Waals surface area contributed by atoms with Gasteiger partial charge in [0.05, 0.1) is 17.2 Å². The molecule has 96 valence electrons. The van der Waals surface area contributed by atoms with Gasteiger partial charge in [-0.05, 0) is 34.6 Å². The Morgan fingerprint density at radius 1 is 1.35 bits per heavy atom. The molecule has 1 aromatic rings. The lowest BCUT2D eigenvalue weighted by Gasteiger charge is -2.20. The molecule has 0 aromatic carbocycles. The molecule has 1 amide bonds. The minimum Gasteiger partial charge on any atom is -0.350 e. The van der Waals surface area contributed by atoms with E-state index < -0.39 is 0 Å². The molecule has 17 heavy (non-hydrogen) atoms. The van der Waals surface area contributed by atoms with Gasteiger partial charge in [0.2, 0.25) is 5.91 Å². The zero-order valence-corrected chi connectivity index (χ0v) is 12.0. The third-order valence-corrected chi connectivity index (χ3v) is 3.16. The summed E-state index contributed by atoms with van der Waals surface area (Å²) in [6.45, 7) is 11.0. The van der Waals surface area contributed by atoms with Crippen molar-refractivity contribution in [3.05, 3.63) is 15.6 Å². The first-order valence-electron chi connectivity index (χ1n) is 5.72. The smallest absolute Gasteiger partial charge is 0.234 e. The summed E-state index contributed by atoms with van der Waals surface area (Å²) in [5, 5.41) is 7.12. The lowest BCUT2D eigenvalue weighted by Crippen LogP contribution is -2.44. The number of hydrogen-bond donors (Lipinski definition) is 2. The van der Waals surface area contributed by atoms with Crippen LogP contribution in [0.15, 0.2) is 0 Å². The molecule has 0 bridgehead atoms. The molecule has 0 saturated carbocycles. The van der Waals surface area contributed by atoms with E-state index in [1.54, 1.807) is 11.3 Å². The average Bonchev–Trinajstić information content (AvgIpc) is 2.42. The molecule has 0 aliphatic carbocycles. The van der Waals surface area contributed by atoms with Crippen molar-refractivity contribution in [2.75, 3.05) is 6.54 Å². The molecule has 4 nitrogen and oxygen atoms in total. The summed E-state index contributed by atoms with van der Waals surface area (Å²) in [4.78, 5) is 17.1. The fraction of sp³-hybridized carbons (Fsp3) is 0.667. The topological polar surface area (TPSA) is 54.0 Å². The summed E-state index contributed by atoms with van der Waals surface area (Å²) in [6, 6.07) is 0. The molecule has 0 aliphatic heterocycles. The van der Waals surface area contributed by atoms with E-state index in [9.17, 15) is 4.79 Å². The van der Waals surface area contributed by atoms with Crippen molar-refractivity contribution in [2.24, 2.45) is 0 Å². The lowest BCUT2D eigenvalue weighted by atomic mass is 10.1. The molecule has 0 aliphatic rings. The Bertz CT molecular complexity index is 393. The van der Waals surface area contributed by atoms with E-state index in [0.717, 1.165) is 10.7 Å². The molecular weight excluding hydrogens is 234 g/mol. The maximum atomic E-state index is 11.6. The van der Waals surface area contributed by atoms with Gasteiger partial charge in [-0.3, -0.25) is 4.79 Å². The highest BCUT2D eigenvalue weighted by Crippen LogP contribution is 2.16. The van der Waals surface area contributed by atoms with Gasteiger partial charge in [0, 0.05) is 17.0 Å². The van der Waals surface area contributed by atoms with E-state index in [-0.39, 0.29) is 11.4 Å². The Morgan fingerprint density at radius 3 is 2.47 bits per heavy atom. The van der Waals surface area contributed by atoms with Gasteiger partial charge in [-0.25, -0.2) is 4.98 Å². The first-order valence-corrected chi connectivity index (χ1v) is 6.54. The third kappa shape index (κ3) is 5.28. The van der Waals surface area contributed by atoms with Crippen molar-refractivity contribution < 1.29 is 4.79 Å². The molecule has 0 fully saturated rings. The maximum Gasteiger partial charge on any atom is 0.234 e. The van der Waals surface area contributed by atoms with Crippen LogP contribution >= 0.6 is 11.3 Å². The first kappa shape index (κ1) is 14.1. The van der Waals surface area contributed by atoms with Crippen molar-refractivity contribution in [3.63, 3.8) is 0 Å². The first-order chi connectivity index (χ1) is 7.78. The van der Waals surface area contributed by atoms with Crippen LogP contribution in [0.1, 0.15) is 36.3 Å². The van der Waals surface area contributed by atoms with Crippen molar-refractivity contribution >= 4 is 17.2 Å². The number of hydrogen-bond acceptors (Lipinski definition) is 4. The number of aryl methyl sites for hydroxylation is 2. The monoisotopic (exact) mass is 255 g/mol. The van der Waals surface area contributed by atoms with E-state index in [0.29, 0.717) is 13.1 Å². The third-order valence-electron chi connectivity index (χ3n) is 2.09. The molecule has 0 unspecified atom stereocenters. The van der Waals surface area contributed by atoms with Crippen LogP contribution in [0.4, 0.5) is 0 Å². The highest BCUT2D eigenvalue weighted by molar-refractivity contribution is 7.11. The van der Waals surface area contributed by atoms with Crippen LogP contribution in [0, 0.1) is 13.8 Å². The maximum absolute atomic E-state index is 11.6. The Labute approximate surface area is 107 Å². The number of nitrogens with one attached hydrogen (secondary N) is 2. The Kier molecular flexibility index (Phi) is 4.65. The molecule has 2 N–H and O–H groups in total. The second-order valence-electron chi connectivity index (χ2n) is 5.14. The summed E-state index contributed by atoms with van der Waals surface area (Å²) in [5.41, 5.74) is 0.881. The van der Waals surface area contributed by atoms with E-state index >= 15 is 0 Å². The number of thiazole rings is 1. The minimum atomic E-state index is -0.171. The van der Waals surface area contributed by atoms with E-state index in [4.69, 9.17) is 0 Å². The molecule has 0 saturated heterocycles. The molecule has 1 aromatic heterocycles. The predicted octanol–water partition coefficient (Wildman–Crippen LogP) is 1.76. The number of nitrogens with zero attached hydrogens (tertiary/aromatic N) is 1. The average molecular weight is 255 g/mol. The molecule has 0 atom stereocenters. The van der Waals surface area contributed by atoms with E-state index in [1.165, 1.54) is 4.88 Å². The van der Waals surface area contributed by atoms with Crippen LogP contribution in [0.3, 0.4) is 0 Å². The minimum absolute atomic E-state index is 0.0244. The van der Waals surface area contributed by atoms with Gasteiger partial charge in [-0.1, -0.05) is 0 Å². The van der Waals surface area contributed by atoms with Gasteiger partial charge >= 0.3 is 0 Å². The fourth-order valence-corrected chi connectivity index (χ4v) is 2.40. The SMILES string of the molecule is Cc1nc(C)c(CNCC(=O)NC(C)(C)C)s1. The molecule has 0 spiro atoms. The zero-order chi connectivity index (χ0) is 13.1. The fourth-order valence-electron chi connectivity index (χ4n) is 1.49. The molecule has 0 radical (unpaired) electrons. The van der Waals surface area contributed by atoms with Crippen LogP contribution < -0.4 is 10.6 Å². The normalized spacial score (nSPS) is 11.6. The Hall–Kier alpha value is -0.940. The summed E-state index contributed by atoms with van der Waals surface area (Å²) in [7, 11) is 0. The molecule has 1 rings (SSSR count). The molecule has 5 heteroatoms. The standard InChI is InChI=1S/C12H21N3OS/c1-8-10(17-9(2)14-8)6-13-7-11(16)15-12(3,4)5/h13H,6-7H2,1-5H3,(H,15,16). The van der Waals surface area contributed by atoms with Crippen LogP contribution in [-0.4, -0.2) is 23.0 Å². The zero-order valence-electron chi connectivity index (χ0n) is 11.2. The predicted molar refractivity (Wildman–Crippen MR) is 71.2 cm³/mol. The highest BCUT2D eigenvalue weighted by Gasteiger charge is 2.13. The van der Waals surface area contributed by atoms with Gasteiger partial charge in [0.1, 0.15) is 0 Å². The van der Waals surface area contributed by atoms with Crippen LogP contribution in [0.2, 0.25) is 0 Å². The highest BCUT2D eigenvalue weighted by atomic mass is 32.1. The van der Waals surface area contributed by atoms with Gasteiger partial charge in [-0.15, -0.1) is 11.3 Å². The van der Waals surface area contributed by atoms with Crippen LogP contribution in [0.5, 0.6) is 0 Å². The number of aromatic nitrogens is 1. The van der Waals surface area contributed by atoms with Crippen LogP contribution in [-0.2, 0) is 11.3 Å². The van der Waals surface area contributed by atoms with Crippen LogP contribution in [0.25, 0.3) is 0 Å². The second kappa shape index (κ2) is 5.60. The summed E-state index contributed by atoms with van der Waals surface area (Å²) < 4.78 is 0. The van der Waals surface area contributed by atoms with E-state index in [1.807, 2.05) is 34.6 Å².